The molecule has 1 rings (SSSR count). The van der Waals surface area contributed by atoms with Gasteiger partial charge in [0.05, 0.1) is 12.7 Å². The molecular formula is C14H23NO3. The molecule has 0 aliphatic rings. The minimum absolute atomic E-state index is 0.0566. The lowest BCUT2D eigenvalue weighted by Crippen LogP contribution is -2.34. The van der Waals surface area contributed by atoms with Crippen LogP contribution in [0, 0.1) is 0 Å². The number of rotatable bonds is 8. The summed E-state index contributed by atoms with van der Waals surface area (Å²) in [6.07, 6.45) is 1.04. The number of phenols is 1. The fraction of sp³-hybridized carbons (Fsp3) is 0.571. The zero-order valence-corrected chi connectivity index (χ0v) is 11.3. The highest BCUT2D eigenvalue weighted by atomic mass is 16.5. The number of nitrogens with one attached hydrogen (secondary N) is 1. The summed E-state index contributed by atoms with van der Waals surface area (Å²) in [6, 6.07) is 7.56. The average molecular weight is 253 g/mol. The summed E-state index contributed by atoms with van der Waals surface area (Å²) in [5, 5.41) is 12.7. The lowest BCUT2D eigenvalue weighted by atomic mass is 10.0. The van der Waals surface area contributed by atoms with Gasteiger partial charge in [0.15, 0.2) is 0 Å². The highest BCUT2D eigenvalue weighted by molar-refractivity contribution is 5.27. The van der Waals surface area contributed by atoms with Crippen molar-refractivity contribution in [2.45, 2.75) is 25.5 Å². The van der Waals surface area contributed by atoms with Crippen molar-refractivity contribution < 1.29 is 14.6 Å². The zero-order valence-electron chi connectivity index (χ0n) is 11.3. The van der Waals surface area contributed by atoms with E-state index in [0.717, 1.165) is 13.0 Å². The molecule has 0 aliphatic carbocycles. The third-order valence-electron chi connectivity index (χ3n) is 2.98. The van der Waals surface area contributed by atoms with Gasteiger partial charge >= 0.3 is 0 Å². The van der Waals surface area contributed by atoms with Crippen LogP contribution < -0.4 is 5.32 Å². The molecule has 0 aromatic heterocycles. The van der Waals surface area contributed by atoms with E-state index in [9.17, 15) is 5.11 Å². The topological polar surface area (TPSA) is 50.7 Å². The minimum atomic E-state index is 0.0566. The predicted octanol–water partition coefficient (Wildman–Crippen LogP) is 2.09. The Morgan fingerprint density at radius 2 is 1.89 bits per heavy atom. The van der Waals surface area contributed by atoms with Crippen LogP contribution in [0.4, 0.5) is 0 Å². The Balaban J connectivity index is 2.53. The molecule has 2 N–H and O–H groups in total. The molecule has 0 bridgehead atoms. The van der Waals surface area contributed by atoms with E-state index in [-0.39, 0.29) is 12.1 Å². The van der Waals surface area contributed by atoms with Crippen LogP contribution >= 0.6 is 0 Å². The molecule has 0 fully saturated rings. The normalized spacial score (nSPS) is 14.4. The Hall–Kier alpha value is -1.10. The molecule has 1 aromatic rings. The maximum atomic E-state index is 9.28. The van der Waals surface area contributed by atoms with Crippen LogP contribution in [-0.2, 0) is 9.47 Å². The fourth-order valence-electron chi connectivity index (χ4n) is 1.87. The largest absolute Gasteiger partial charge is 0.508 e. The van der Waals surface area contributed by atoms with Crippen LogP contribution in [0.25, 0.3) is 0 Å². The molecule has 0 saturated carbocycles. The van der Waals surface area contributed by atoms with E-state index in [1.54, 1.807) is 26.4 Å². The molecule has 0 amide bonds. The summed E-state index contributed by atoms with van der Waals surface area (Å²) in [5.74, 6) is 0.294. The Bertz CT molecular complexity index is 326. The molecule has 0 radical (unpaired) electrons. The third-order valence-corrected chi connectivity index (χ3v) is 2.98. The average Bonchev–Trinajstić information content (AvgIpc) is 2.40. The Morgan fingerprint density at radius 3 is 2.39 bits per heavy atom. The van der Waals surface area contributed by atoms with Crippen molar-refractivity contribution in [3.05, 3.63) is 29.8 Å². The second kappa shape index (κ2) is 8.08. The van der Waals surface area contributed by atoms with Gasteiger partial charge < -0.3 is 19.9 Å². The molecule has 0 heterocycles. The second-order valence-corrected chi connectivity index (χ2v) is 4.27. The van der Waals surface area contributed by atoms with Gasteiger partial charge in [-0.3, -0.25) is 0 Å². The van der Waals surface area contributed by atoms with Crippen molar-refractivity contribution in [1.82, 2.24) is 5.32 Å². The summed E-state index contributed by atoms with van der Waals surface area (Å²) in [7, 11) is 3.36. The first-order valence-electron chi connectivity index (χ1n) is 6.25. The van der Waals surface area contributed by atoms with Gasteiger partial charge in [0.25, 0.3) is 0 Å². The molecule has 1 aromatic carbocycles. The standard InChI is InChI=1S/C14H23NO3/c1-4-14(11-5-7-12(16)8-6-11)15-9-13(18-3)10-17-2/h5-8,13-16H,4,9-10H2,1-3H3. The molecule has 0 saturated heterocycles. The van der Waals surface area contributed by atoms with Crippen molar-refractivity contribution >= 4 is 0 Å². The second-order valence-electron chi connectivity index (χ2n) is 4.27. The van der Waals surface area contributed by atoms with Crippen molar-refractivity contribution in [1.29, 1.82) is 0 Å². The van der Waals surface area contributed by atoms with Crippen LogP contribution in [-0.4, -0.2) is 38.6 Å². The van der Waals surface area contributed by atoms with Gasteiger partial charge in [-0.15, -0.1) is 0 Å². The van der Waals surface area contributed by atoms with Gasteiger partial charge in [0, 0.05) is 26.8 Å². The number of methoxy groups -OCH3 is 2. The first-order valence-corrected chi connectivity index (χ1v) is 6.25. The molecule has 4 heteroatoms. The number of hydrogen-bond donors (Lipinski definition) is 2. The number of hydrogen-bond acceptors (Lipinski definition) is 4. The lowest BCUT2D eigenvalue weighted by molar-refractivity contribution is 0.0272. The highest BCUT2D eigenvalue weighted by Gasteiger charge is 2.12. The van der Waals surface area contributed by atoms with Crippen molar-refractivity contribution in [2.75, 3.05) is 27.4 Å². The molecular weight excluding hydrogens is 230 g/mol. The first kappa shape index (κ1) is 15.0. The molecule has 2 unspecified atom stereocenters. The number of ether oxygens (including phenoxy) is 2. The van der Waals surface area contributed by atoms with E-state index in [1.165, 1.54) is 5.56 Å². The maximum Gasteiger partial charge on any atom is 0.115 e. The van der Waals surface area contributed by atoms with E-state index in [0.29, 0.717) is 12.4 Å². The van der Waals surface area contributed by atoms with Crippen molar-refractivity contribution in [2.24, 2.45) is 0 Å². The summed E-state index contributed by atoms with van der Waals surface area (Å²) < 4.78 is 10.4. The van der Waals surface area contributed by atoms with Crippen LogP contribution in [0.15, 0.2) is 24.3 Å². The van der Waals surface area contributed by atoms with E-state index < -0.39 is 0 Å². The van der Waals surface area contributed by atoms with E-state index in [2.05, 4.69) is 12.2 Å². The summed E-state index contributed by atoms with van der Waals surface area (Å²) in [5.41, 5.74) is 1.17. The number of phenolic OH excluding ortho intramolecular Hbond substituents is 1. The van der Waals surface area contributed by atoms with Crippen molar-refractivity contribution in [3.8, 4) is 5.75 Å². The molecule has 2 atom stereocenters. The maximum absolute atomic E-state index is 9.28. The monoisotopic (exact) mass is 253 g/mol. The molecule has 102 valence electrons. The highest BCUT2D eigenvalue weighted by Crippen LogP contribution is 2.19. The minimum Gasteiger partial charge on any atom is -0.508 e. The van der Waals surface area contributed by atoms with Gasteiger partial charge in [-0.1, -0.05) is 19.1 Å². The van der Waals surface area contributed by atoms with Gasteiger partial charge in [0.2, 0.25) is 0 Å². The Labute approximate surface area is 109 Å². The van der Waals surface area contributed by atoms with E-state index in [4.69, 9.17) is 9.47 Å². The van der Waals surface area contributed by atoms with Crippen LogP contribution in [0.3, 0.4) is 0 Å². The van der Waals surface area contributed by atoms with Crippen molar-refractivity contribution in [3.63, 3.8) is 0 Å². The van der Waals surface area contributed by atoms with Crippen LogP contribution in [0.2, 0.25) is 0 Å². The quantitative estimate of drug-likeness (QED) is 0.745. The lowest BCUT2D eigenvalue weighted by Gasteiger charge is -2.21. The van der Waals surface area contributed by atoms with Crippen LogP contribution in [0.1, 0.15) is 24.9 Å². The Kier molecular flexibility index (Phi) is 6.72. The fourth-order valence-corrected chi connectivity index (χ4v) is 1.87. The number of benzene rings is 1. The first-order chi connectivity index (χ1) is 8.71. The summed E-state index contributed by atoms with van der Waals surface area (Å²) in [6.45, 7) is 3.45. The number of aromatic hydroxyl groups is 1. The van der Waals surface area contributed by atoms with E-state index in [1.807, 2.05) is 12.1 Å². The van der Waals surface area contributed by atoms with Gasteiger partial charge in [-0.05, 0) is 24.1 Å². The van der Waals surface area contributed by atoms with Gasteiger partial charge in [-0.2, -0.15) is 0 Å². The SMILES string of the molecule is CCC(NCC(COC)OC)c1ccc(O)cc1. The molecule has 0 aliphatic heterocycles. The van der Waals surface area contributed by atoms with E-state index >= 15 is 0 Å². The molecule has 4 nitrogen and oxygen atoms in total. The third kappa shape index (κ3) is 4.64. The molecule has 18 heavy (non-hydrogen) atoms. The van der Waals surface area contributed by atoms with Gasteiger partial charge in [-0.25, -0.2) is 0 Å². The zero-order chi connectivity index (χ0) is 13.4. The Morgan fingerprint density at radius 1 is 1.22 bits per heavy atom. The van der Waals surface area contributed by atoms with Crippen LogP contribution in [0.5, 0.6) is 5.75 Å². The summed E-state index contributed by atoms with van der Waals surface area (Å²) in [4.78, 5) is 0. The predicted molar refractivity (Wildman–Crippen MR) is 71.8 cm³/mol. The summed E-state index contributed by atoms with van der Waals surface area (Å²) >= 11 is 0. The smallest absolute Gasteiger partial charge is 0.115 e. The molecule has 0 spiro atoms. The van der Waals surface area contributed by atoms with Gasteiger partial charge in [0.1, 0.15) is 5.75 Å².